The average molecular weight is 1050 g/mol. The van der Waals surface area contributed by atoms with Gasteiger partial charge in [0.05, 0.1) is 34.3 Å². The predicted molar refractivity (Wildman–Crippen MR) is 299 cm³/mol. The summed E-state index contributed by atoms with van der Waals surface area (Å²) in [6.07, 6.45) is 5.88. The molecule has 4 amide bonds. The minimum atomic E-state index is -0.884. The summed E-state index contributed by atoms with van der Waals surface area (Å²) in [5, 5.41) is 17.4. The summed E-state index contributed by atoms with van der Waals surface area (Å²) in [7, 11) is 0. The highest BCUT2D eigenvalue weighted by Gasteiger charge is 2.45. The van der Waals surface area contributed by atoms with Gasteiger partial charge in [-0.2, -0.15) is 0 Å². The topological polar surface area (TPSA) is 176 Å². The van der Waals surface area contributed by atoms with E-state index in [9.17, 15) is 29.1 Å². The molecule has 3 fully saturated rings. The number of aromatic amines is 1. The standard InChI is InChI=1S/C60H75N9O6S/c1-9-39-30-45-46(60(6,7)55-52(53(45)73)44-21-20-41(61-8)31-47(44)64-55)33-48(39)67-24-22-42(23-25-67)66-26-28-68(29-27-66)51(72)15-13-11-10-12-14-50(71)65-56(59(3,4)5)58(75)69-35-43(70)32-49(69)57(74)62-34-38-16-18-40(19-17-38)54-37(2)63-36-76-54/h16-21,30-31,33,36,42-43,49,56,64,70H,9-15,22-29,32,34-35H2,1-7H3,(H,62,74)(H,65,71)/t43-,49+,56-/m1/s1. The van der Waals surface area contributed by atoms with Crippen LogP contribution >= 0.6 is 11.3 Å². The van der Waals surface area contributed by atoms with E-state index in [1.165, 1.54) is 16.2 Å². The second kappa shape index (κ2) is 22.7. The molecule has 16 heteroatoms. The Kier molecular flexibility index (Phi) is 16.2. The molecular formula is C60H75N9O6S. The number of anilines is 1. The fourth-order valence-corrected chi connectivity index (χ4v) is 12.9. The summed E-state index contributed by atoms with van der Waals surface area (Å²) in [6.45, 7) is 27.0. The summed E-state index contributed by atoms with van der Waals surface area (Å²) in [6, 6.07) is 16.6. The smallest absolute Gasteiger partial charge is 0.246 e. The van der Waals surface area contributed by atoms with Crippen LogP contribution in [0.15, 0.2) is 60.1 Å². The van der Waals surface area contributed by atoms with Crippen LogP contribution in [0, 0.1) is 18.9 Å². The molecule has 15 nitrogen and oxygen atoms in total. The fraction of sp³-hybridized carbons (Fsp3) is 0.517. The Balaban J connectivity index is 0.686. The van der Waals surface area contributed by atoms with Gasteiger partial charge in [0, 0.05) is 111 Å². The van der Waals surface area contributed by atoms with E-state index < -0.39 is 29.0 Å². The SMILES string of the molecule is [C-]#[N+]c1ccc2c3c([nH]c2c1)C(C)(C)c1cc(N2CCC(N4CCN(C(=O)CCCCCCC(=O)N[C@H](C(=O)N5C[C@H](O)C[C@H]5C(=O)NCc5ccc(-c6scnc6C)cc5)C(C)(C)C)CC4)CC2)c(CC)cc1C3=O. The van der Waals surface area contributed by atoms with Crippen LogP contribution in [-0.2, 0) is 37.6 Å². The first kappa shape index (κ1) is 54.4. The Hall–Kier alpha value is -6.41. The van der Waals surface area contributed by atoms with E-state index in [1.807, 2.05) is 74.5 Å². The monoisotopic (exact) mass is 1050 g/mol. The lowest BCUT2D eigenvalue weighted by molar-refractivity contribution is -0.144. The van der Waals surface area contributed by atoms with Crippen molar-refractivity contribution in [2.24, 2.45) is 5.41 Å². The van der Waals surface area contributed by atoms with Crippen LogP contribution in [0.2, 0.25) is 0 Å². The minimum absolute atomic E-state index is 0.0159. The van der Waals surface area contributed by atoms with Gasteiger partial charge in [-0.05, 0) is 84.9 Å². The number of piperidine rings is 1. The lowest BCUT2D eigenvalue weighted by Gasteiger charge is -2.44. The number of aliphatic hydroxyl groups excluding tert-OH is 1. The van der Waals surface area contributed by atoms with Gasteiger partial charge in [-0.15, -0.1) is 11.3 Å². The molecule has 3 atom stereocenters. The summed E-state index contributed by atoms with van der Waals surface area (Å²) in [4.78, 5) is 89.6. The third kappa shape index (κ3) is 11.3. The zero-order valence-electron chi connectivity index (χ0n) is 45.4. The summed E-state index contributed by atoms with van der Waals surface area (Å²) < 4.78 is 0. The van der Waals surface area contributed by atoms with Gasteiger partial charge in [0.15, 0.2) is 11.5 Å². The van der Waals surface area contributed by atoms with Gasteiger partial charge in [-0.25, -0.2) is 9.83 Å². The minimum Gasteiger partial charge on any atom is -0.391 e. The molecule has 0 radical (unpaired) electrons. The zero-order valence-corrected chi connectivity index (χ0v) is 46.2. The number of hydrogen-bond acceptors (Lipinski definition) is 10. The van der Waals surface area contributed by atoms with Crippen molar-refractivity contribution in [3.8, 4) is 10.4 Å². The molecule has 76 heavy (non-hydrogen) atoms. The van der Waals surface area contributed by atoms with Crippen molar-refractivity contribution < 1.29 is 29.1 Å². The second-order valence-electron chi connectivity index (χ2n) is 23.0. The van der Waals surface area contributed by atoms with Crippen molar-refractivity contribution in [1.82, 2.24) is 35.3 Å². The average Bonchev–Trinajstić information content (AvgIpc) is 4.16. The molecule has 5 aromatic rings. The second-order valence-corrected chi connectivity index (χ2v) is 23.9. The molecule has 0 spiro atoms. The number of aliphatic hydroxyl groups is 1. The largest absolute Gasteiger partial charge is 0.391 e. The van der Waals surface area contributed by atoms with Crippen molar-refractivity contribution in [3.05, 3.63) is 111 Å². The van der Waals surface area contributed by atoms with E-state index in [2.05, 4.69) is 68.2 Å². The maximum Gasteiger partial charge on any atom is 0.246 e. The van der Waals surface area contributed by atoms with Crippen LogP contribution in [0.25, 0.3) is 26.2 Å². The van der Waals surface area contributed by atoms with E-state index in [4.69, 9.17) is 6.57 Å². The van der Waals surface area contributed by atoms with Crippen molar-refractivity contribution in [2.75, 3.05) is 50.7 Å². The number of piperazine rings is 1. The Labute approximate surface area is 451 Å². The molecule has 5 heterocycles. The number of carbonyl (C=O) groups is 5. The highest BCUT2D eigenvalue weighted by molar-refractivity contribution is 7.13. The number of nitrogens with one attached hydrogen (secondary N) is 3. The molecule has 402 valence electrons. The van der Waals surface area contributed by atoms with Gasteiger partial charge < -0.3 is 35.4 Å². The fourth-order valence-electron chi connectivity index (χ4n) is 12.0. The van der Waals surface area contributed by atoms with Gasteiger partial charge in [-0.3, -0.25) is 28.9 Å². The molecule has 0 bridgehead atoms. The van der Waals surface area contributed by atoms with E-state index in [-0.39, 0.29) is 55.3 Å². The quantitative estimate of drug-likeness (QED) is 0.0556. The number of H-pyrrole nitrogens is 1. The normalized spacial score (nSPS) is 19.3. The third-order valence-electron chi connectivity index (χ3n) is 16.5. The highest BCUT2D eigenvalue weighted by atomic mass is 32.1. The first-order valence-corrected chi connectivity index (χ1v) is 28.3. The maximum atomic E-state index is 14.2. The number of benzene rings is 3. The number of hydrogen-bond donors (Lipinski definition) is 4. The Bertz CT molecular complexity index is 3020. The van der Waals surface area contributed by atoms with Gasteiger partial charge in [0.2, 0.25) is 23.6 Å². The predicted octanol–water partition coefficient (Wildman–Crippen LogP) is 8.85. The number of unbranched alkanes of at least 4 members (excludes halogenated alkanes) is 3. The number of nitrogens with zero attached hydrogens (tertiary/aromatic N) is 6. The number of amides is 4. The third-order valence-corrected chi connectivity index (χ3v) is 17.5. The Morgan fingerprint density at radius 2 is 1.66 bits per heavy atom. The molecule has 0 saturated carbocycles. The first-order valence-electron chi connectivity index (χ1n) is 27.4. The molecule has 9 rings (SSSR count). The summed E-state index contributed by atoms with van der Waals surface area (Å²) >= 11 is 1.58. The van der Waals surface area contributed by atoms with E-state index in [0.717, 1.165) is 133 Å². The molecule has 3 aromatic carbocycles. The lowest BCUT2D eigenvalue weighted by atomic mass is 9.70. The maximum absolute atomic E-state index is 14.2. The Morgan fingerprint density at radius 1 is 0.947 bits per heavy atom. The van der Waals surface area contributed by atoms with E-state index in [1.54, 1.807) is 17.4 Å². The van der Waals surface area contributed by atoms with Gasteiger partial charge in [0.25, 0.3) is 0 Å². The lowest BCUT2D eigenvalue weighted by Crippen LogP contribution is -2.57. The molecular weight excluding hydrogens is 975 g/mol. The van der Waals surface area contributed by atoms with Crippen molar-refractivity contribution in [1.29, 1.82) is 0 Å². The van der Waals surface area contributed by atoms with Crippen LogP contribution in [0.4, 0.5) is 11.4 Å². The molecule has 4 N–H and O–H groups in total. The number of aromatic nitrogens is 2. The van der Waals surface area contributed by atoms with E-state index in [0.29, 0.717) is 24.6 Å². The summed E-state index contributed by atoms with van der Waals surface area (Å²) in [5.74, 6) is -0.734. The molecule has 3 aliphatic heterocycles. The highest BCUT2D eigenvalue weighted by Crippen LogP contribution is 2.46. The van der Waals surface area contributed by atoms with Crippen molar-refractivity contribution >= 4 is 63.0 Å². The number of β-amino-alcohol motifs (C(OH)–C–C–N with tert-alkyl or cyclic N) is 1. The van der Waals surface area contributed by atoms with Crippen molar-refractivity contribution in [3.63, 3.8) is 0 Å². The number of ketones is 1. The zero-order chi connectivity index (χ0) is 54.1. The van der Waals surface area contributed by atoms with E-state index >= 15 is 0 Å². The molecule has 4 aliphatic rings. The molecule has 2 aromatic heterocycles. The van der Waals surface area contributed by atoms with Crippen LogP contribution in [0.1, 0.15) is 143 Å². The number of rotatable bonds is 16. The molecule has 0 unspecified atom stereocenters. The van der Waals surface area contributed by atoms with Crippen LogP contribution in [0.3, 0.4) is 0 Å². The van der Waals surface area contributed by atoms with Crippen molar-refractivity contribution in [2.45, 2.75) is 149 Å². The number of fused-ring (bicyclic) bond motifs is 4. The molecule has 3 saturated heterocycles. The number of thiazole rings is 1. The Morgan fingerprint density at radius 3 is 2.32 bits per heavy atom. The van der Waals surface area contributed by atoms with Gasteiger partial charge in [0.1, 0.15) is 12.1 Å². The number of carbonyl (C=O) groups excluding carboxylic acids is 5. The van der Waals surface area contributed by atoms with Gasteiger partial charge >= 0.3 is 0 Å². The van der Waals surface area contributed by atoms with Crippen LogP contribution < -0.4 is 15.5 Å². The molecule has 1 aliphatic carbocycles. The summed E-state index contributed by atoms with van der Waals surface area (Å²) in [5.41, 5.74) is 10.9. The number of aryl methyl sites for hydroxylation is 2. The van der Waals surface area contributed by atoms with Crippen LogP contribution in [0.5, 0.6) is 0 Å². The first-order chi connectivity index (χ1) is 36.4. The van der Waals surface area contributed by atoms with Crippen LogP contribution in [-0.4, -0.2) is 129 Å². The van der Waals surface area contributed by atoms with Gasteiger partial charge in [-0.1, -0.05) is 90.8 Å². The number of likely N-dealkylation sites (tertiary alicyclic amines) is 1.